The van der Waals surface area contributed by atoms with E-state index >= 15 is 0 Å². The van der Waals surface area contributed by atoms with E-state index < -0.39 is 0 Å². The molecule has 0 amide bonds. The number of hydrogen-bond donors (Lipinski definition) is 2. The van der Waals surface area contributed by atoms with Gasteiger partial charge in [0.15, 0.2) is 11.8 Å². The molecular formula is C20H32IN5O. The van der Waals surface area contributed by atoms with Gasteiger partial charge in [0.05, 0.1) is 0 Å². The Morgan fingerprint density at radius 2 is 1.89 bits per heavy atom. The van der Waals surface area contributed by atoms with Gasteiger partial charge in [-0.05, 0) is 30.9 Å². The van der Waals surface area contributed by atoms with Gasteiger partial charge in [0.2, 0.25) is 5.89 Å². The minimum absolute atomic E-state index is 0. The molecule has 2 aromatic rings. The average Bonchev–Trinajstić information content (AvgIpc) is 3.06. The number of rotatable bonds is 8. The number of aromatic nitrogens is 2. The van der Waals surface area contributed by atoms with E-state index in [1.807, 2.05) is 6.92 Å². The number of aryl methyl sites for hydroxylation is 3. The van der Waals surface area contributed by atoms with Crippen molar-refractivity contribution < 1.29 is 4.52 Å². The highest BCUT2D eigenvalue weighted by atomic mass is 127. The molecule has 0 unspecified atom stereocenters. The maximum absolute atomic E-state index is 5.12. The summed E-state index contributed by atoms with van der Waals surface area (Å²) in [4.78, 5) is 8.51. The molecule has 0 radical (unpaired) electrons. The zero-order valence-corrected chi connectivity index (χ0v) is 19.3. The molecule has 0 spiro atoms. The van der Waals surface area contributed by atoms with Crippen molar-refractivity contribution in [2.24, 2.45) is 4.99 Å². The van der Waals surface area contributed by atoms with E-state index in [1.165, 1.54) is 11.1 Å². The Kier molecular flexibility index (Phi) is 9.76. The summed E-state index contributed by atoms with van der Waals surface area (Å²) in [5.74, 6) is 2.17. The second-order valence-electron chi connectivity index (χ2n) is 7.13. The second kappa shape index (κ2) is 11.3. The summed E-state index contributed by atoms with van der Waals surface area (Å²) in [5.41, 5.74) is 2.71. The third kappa shape index (κ3) is 7.48. The zero-order valence-electron chi connectivity index (χ0n) is 17.0. The standard InChI is InChI=1S/C20H31N5O.HI/c1-6-16-9-11-17(12-10-16)20(3,4)14-23-19(21-5)22-13-7-8-18-24-15(2)25-26-18;/h9-12H,6-8,13-14H2,1-5H3,(H2,21,22,23);1H. The van der Waals surface area contributed by atoms with E-state index in [4.69, 9.17) is 4.52 Å². The summed E-state index contributed by atoms with van der Waals surface area (Å²) in [7, 11) is 1.79. The smallest absolute Gasteiger partial charge is 0.226 e. The highest BCUT2D eigenvalue weighted by Gasteiger charge is 2.20. The van der Waals surface area contributed by atoms with Crippen LogP contribution in [0, 0.1) is 6.92 Å². The highest BCUT2D eigenvalue weighted by molar-refractivity contribution is 14.0. The van der Waals surface area contributed by atoms with E-state index in [2.05, 4.69) is 70.8 Å². The third-order valence-electron chi connectivity index (χ3n) is 4.49. The minimum atomic E-state index is 0. The van der Waals surface area contributed by atoms with Crippen LogP contribution >= 0.6 is 24.0 Å². The molecule has 0 aliphatic rings. The summed E-state index contributed by atoms with van der Waals surface area (Å²) in [6, 6.07) is 8.87. The molecule has 0 atom stereocenters. The van der Waals surface area contributed by atoms with E-state index in [-0.39, 0.29) is 29.4 Å². The van der Waals surface area contributed by atoms with Crippen molar-refractivity contribution in [2.45, 2.75) is 52.4 Å². The van der Waals surface area contributed by atoms with Crippen molar-refractivity contribution in [3.63, 3.8) is 0 Å². The fourth-order valence-corrected chi connectivity index (χ4v) is 2.71. The Hall–Kier alpha value is -1.64. The van der Waals surface area contributed by atoms with Gasteiger partial charge in [-0.2, -0.15) is 4.98 Å². The first-order valence-corrected chi connectivity index (χ1v) is 9.27. The molecular weight excluding hydrogens is 453 g/mol. The normalized spacial score (nSPS) is 11.8. The molecule has 1 heterocycles. The zero-order chi connectivity index (χ0) is 19.0. The molecule has 0 saturated heterocycles. The molecule has 0 bridgehead atoms. The Morgan fingerprint density at radius 1 is 1.19 bits per heavy atom. The molecule has 1 aromatic heterocycles. The van der Waals surface area contributed by atoms with E-state index in [0.717, 1.165) is 38.3 Å². The van der Waals surface area contributed by atoms with Crippen LogP contribution in [0.1, 0.15) is 50.0 Å². The molecule has 0 aliphatic carbocycles. The molecule has 150 valence electrons. The number of nitrogens with one attached hydrogen (secondary N) is 2. The lowest BCUT2D eigenvalue weighted by Gasteiger charge is -2.27. The van der Waals surface area contributed by atoms with E-state index in [1.54, 1.807) is 7.05 Å². The number of benzene rings is 1. The number of nitrogens with zero attached hydrogens (tertiary/aromatic N) is 3. The highest BCUT2D eigenvalue weighted by Crippen LogP contribution is 2.22. The molecule has 7 heteroatoms. The summed E-state index contributed by atoms with van der Waals surface area (Å²) in [6.45, 7) is 10.1. The molecule has 0 aliphatic heterocycles. The monoisotopic (exact) mass is 485 g/mol. The largest absolute Gasteiger partial charge is 0.356 e. The van der Waals surface area contributed by atoms with Crippen molar-refractivity contribution in [1.29, 1.82) is 0 Å². The maximum atomic E-state index is 5.12. The Balaban J connectivity index is 0.00000364. The van der Waals surface area contributed by atoms with Gasteiger partial charge in [-0.15, -0.1) is 24.0 Å². The SMILES string of the molecule is CCc1ccc(C(C)(C)CNC(=NC)NCCCc2nc(C)no2)cc1.I. The summed E-state index contributed by atoms with van der Waals surface area (Å²) < 4.78 is 5.12. The van der Waals surface area contributed by atoms with Crippen molar-refractivity contribution in [2.75, 3.05) is 20.1 Å². The first-order chi connectivity index (χ1) is 12.4. The molecule has 0 fully saturated rings. The minimum Gasteiger partial charge on any atom is -0.356 e. The second-order valence-corrected chi connectivity index (χ2v) is 7.13. The van der Waals surface area contributed by atoms with Crippen molar-refractivity contribution in [3.8, 4) is 0 Å². The Bertz CT molecular complexity index is 709. The van der Waals surface area contributed by atoms with Crippen LogP contribution in [0.3, 0.4) is 0 Å². The van der Waals surface area contributed by atoms with Crippen molar-refractivity contribution in [3.05, 3.63) is 47.1 Å². The van der Waals surface area contributed by atoms with Crippen LogP contribution in [0.5, 0.6) is 0 Å². The van der Waals surface area contributed by atoms with E-state index in [0.29, 0.717) is 11.7 Å². The molecule has 1 aromatic carbocycles. The number of halogens is 1. The third-order valence-corrected chi connectivity index (χ3v) is 4.49. The maximum Gasteiger partial charge on any atom is 0.226 e. The number of guanidine groups is 1. The van der Waals surface area contributed by atoms with Crippen LogP contribution < -0.4 is 10.6 Å². The van der Waals surface area contributed by atoms with Gasteiger partial charge in [-0.25, -0.2) is 0 Å². The van der Waals surface area contributed by atoms with Crippen molar-refractivity contribution in [1.82, 2.24) is 20.8 Å². The summed E-state index contributed by atoms with van der Waals surface area (Å²) >= 11 is 0. The van der Waals surface area contributed by atoms with Crippen LogP contribution in [0.2, 0.25) is 0 Å². The molecule has 27 heavy (non-hydrogen) atoms. The first-order valence-electron chi connectivity index (χ1n) is 9.27. The molecule has 2 rings (SSSR count). The van der Waals surface area contributed by atoms with E-state index in [9.17, 15) is 0 Å². The quantitative estimate of drug-likeness (QED) is 0.259. The average molecular weight is 485 g/mol. The summed E-state index contributed by atoms with van der Waals surface area (Å²) in [5, 5.41) is 10.6. The van der Waals surface area contributed by atoms with Gasteiger partial charge in [0.25, 0.3) is 0 Å². The lowest BCUT2D eigenvalue weighted by atomic mass is 9.84. The van der Waals surface area contributed by atoms with Gasteiger partial charge in [-0.3, -0.25) is 4.99 Å². The fraction of sp³-hybridized carbons (Fsp3) is 0.550. The number of aliphatic imine (C=N–C) groups is 1. The lowest BCUT2D eigenvalue weighted by molar-refractivity contribution is 0.372. The van der Waals surface area contributed by atoms with Crippen LogP contribution in [0.25, 0.3) is 0 Å². The van der Waals surface area contributed by atoms with Crippen LogP contribution in [0.15, 0.2) is 33.8 Å². The van der Waals surface area contributed by atoms with Crippen LogP contribution in [-0.2, 0) is 18.3 Å². The predicted octanol–water partition coefficient (Wildman–Crippen LogP) is 3.63. The predicted molar refractivity (Wildman–Crippen MR) is 121 cm³/mol. The summed E-state index contributed by atoms with van der Waals surface area (Å²) in [6.07, 6.45) is 2.74. The Morgan fingerprint density at radius 3 is 2.44 bits per heavy atom. The van der Waals surface area contributed by atoms with Crippen molar-refractivity contribution >= 4 is 29.9 Å². The van der Waals surface area contributed by atoms with Gasteiger partial charge in [-0.1, -0.05) is 50.2 Å². The lowest BCUT2D eigenvalue weighted by Crippen LogP contribution is -2.43. The fourth-order valence-electron chi connectivity index (χ4n) is 2.71. The van der Waals surface area contributed by atoms with Crippen LogP contribution in [-0.4, -0.2) is 36.2 Å². The molecule has 0 saturated carbocycles. The van der Waals surface area contributed by atoms with Gasteiger partial charge >= 0.3 is 0 Å². The first kappa shape index (κ1) is 23.4. The number of hydrogen-bond acceptors (Lipinski definition) is 4. The van der Waals surface area contributed by atoms with Crippen LogP contribution in [0.4, 0.5) is 0 Å². The van der Waals surface area contributed by atoms with Gasteiger partial charge in [0.1, 0.15) is 0 Å². The topological polar surface area (TPSA) is 75.3 Å². The van der Waals surface area contributed by atoms with Gasteiger partial charge < -0.3 is 15.2 Å². The molecule has 6 nitrogen and oxygen atoms in total. The molecule has 2 N–H and O–H groups in total. The van der Waals surface area contributed by atoms with Gasteiger partial charge in [0, 0.05) is 32.0 Å². The Labute approximate surface area is 179 Å².